The van der Waals surface area contributed by atoms with Crippen molar-refractivity contribution < 1.29 is 15.3 Å². The molecule has 1 heterocycles. The standard InChI is InChI=1S/C6H10N2O3/c9-3-5(10)6(11)4-1-2-7-8-4/h1-2,5-6,9-11H,3H2,(H,7,8). The highest BCUT2D eigenvalue weighted by Crippen LogP contribution is 2.12. The summed E-state index contributed by atoms with van der Waals surface area (Å²) in [5.41, 5.74) is 0.395. The van der Waals surface area contributed by atoms with Gasteiger partial charge in [-0.25, -0.2) is 0 Å². The predicted molar refractivity (Wildman–Crippen MR) is 36.6 cm³/mol. The van der Waals surface area contributed by atoms with Crippen molar-refractivity contribution in [3.8, 4) is 0 Å². The average Bonchev–Trinajstić information content (AvgIpc) is 2.53. The number of hydrogen-bond acceptors (Lipinski definition) is 4. The molecule has 62 valence electrons. The Balaban J connectivity index is 2.62. The molecule has 0 radical (unpaired) electrons. The molecule has 0 saturated heterocycles. The highest BCUT2D eigenvalue weighted by atomic mass is 16.4. The summed E-state index contributed by atoms with van der Waals surface area (Å²) in [5, 5.41) is 32.7. The second-order valence-corrected chi connectivity index (χ2v) is 2.21. The summed E-state index contributed by atoms with van der Waals surface area (Å²) in [6.07, 6.45) is -0.791. The Bertz CT molecular complexity index is 200. The van der Waals surface area contributed by atoms with Gasteiger partial charge in [0.1, 0.15) is 12.2 Å². The molecule has 0 aliphatic carbocycles. The zero-order valence-corrected chi connectivity index (χ0v) is 5.81. The van der Waals surface area contributed by atoms with Gasteiger partial charge in [-0.1, -0.05) is 0 Å². The van der Waals surface area contributed by atoms with Gasteiger partial charge < -0.3 is 15.3 Å². The van der Waals surface area contributed by atoms with Crippen LogP contribution in [0.1, 0.15) is 11.8 Å². The van der Waals surface area contributed by atoms with Crippen LogP contribution in [0.3, 0.4) is 0 Å². The molecule has 1 aromatic heterocycles. The fourth-order valence-corrected chi connectivity index (χ4v) is 0.738. The average molecular weight is 158 g/mol. The van der Waals surface area contributed by atoms with Crippen molar-refractivity contribution in [3.63, 3.8) is 0 Å². The number of nitrogens with one attached hydrogen (secondary N) is 1. The van der Waals surface area contributed by atoms with E-state index in [4.69, 9.17) is 10.2 Å². The van der Waals surface area contributed by atoms with Crippen LogP contribution in [0.25, 0.3) is 0 Å². The third-order valence-electron chi connectivity index (χ3n) is 1.39. The van der Waals surface area contributed by atoms with Gasteiger partial charge in [0.25, 0.3) is 0 Å². The van der Waals surface area contributed by atoms with Crippen LogP contribution >= 0.6 is 0 Å². The monoisotopic (exact) mass is 158 g/mol. The molecule has 5 heteroatoms. The molecular weight excluding hydrogens is 148 g/mol. The molecule has 0 aliphatic rings. The maximum atomic E-state index is 9.20. The minimum absolute atomic E-state index is 0.395. The number of aliphatic hydroxyl groups is 3. The van der Waals surface area contributed by atoms with Gasteiger partial charge in [0.2, 0.25) is 0 Å². The number of H-pyrrole nitrogens is 1. The number of hydrogen-bond donors (Lipinski definition) is 4. The van der Waals surface area contributed by atoms with Gasteiger partial charge in [0, 0.05) is 6.20 Å². The van der Waals surface area contributed by atoms with E-state index in [9.17, 15) is 5.11 Å². The molecule has 0 aliphatic heterocycles. The minimum Gasteiger partial charge on any atom is -0.394 e. The van der Waals surface area contributed by atoms with E-state index < -0.39 is 18.8 Å². The lowest BCUT2D eigenvalue weighted by molar-refractivity contribution is -0.0173. The Morgan fingerprint density at radius 2 is 2.27 bits per heavy atom. The predicted octanol–water partition coefficient (Wildman–Crippen LogP) is -1.20. The molecule has 2 unspecified atom stereocenters. The molecule has 0 amide bonds. The van der Waals surface area contributed by atoms with E-state index in [0.717, 1.165) is 0 Å². The van der Waals surface area contributed by atoms with Crippen molar-refractivity contribution in [3.05, 3.63) is 18.0 Å². The van der Waals surface area contributed by atoms with Crippen molar-refractivity contribution in [1.82, 2.24) is 10.2 Å². The fourth-order valence-electron chi connectivity index (χ4n) is 0.738. The summed E-state index contributed by atoms with van der Waals surface area (Å²) < 4.78 is 0. The third kappa shape index (κ3) is 1.76. The Morgan fingerprint density at radius 3 is 2.73 bits per heavy atom. The van der Waals surface area contributed by atoms with E-state index in [-0.39, 0.29) is 0 Å². The van der Waals surface area contributed by atoms with Gasteiger partial charge in [0.15, 0.2) is 0 Å². The van der Waals surface area contributed by atoms with E-state index in [1.165, 1.54) is 12.3 Å². The van der Waals surface area contributed by atoms with Gasteiger partial charge in [0.05, 0.1) is 12.3 Å². The van der Waals surface area contributed by atoms with Crippen LogP contribution < -0.4 is 0 Å². The van der Waals surface area contributed by atoms with Crippen LogP contribution in [0.4, 0.5) is 0 Å². The minimum atomic E-state index is -1.16. The highest BCUT2D eigenvalue weighted by Gasteiger charge is 2.17. The van der Waals surface area contributed by atoms with Gasteiger partial charge in [-0.15, -0.1) is 0 Å². The molecule has 4 N–H and O–H groups in total. The van der Waals surface area contributed by atoms with Gasteiger partial charge in [-0.2, -0.15) is 5.10 Å². The van der Waals surface area contributed by atoms with Crippen molar-refractivity contribution in [1.29, 1.82) is 0 Å². The van der Waals surface area contributed by atoms with Crippen molar-refractivity contribution in [2.75, 3.05) is 6.61 Å². The lowest BCUT2D eigenvalue weighted by Crippen LogP contribution is -2.22. The molecule has 5 nitrogen and oxygen atoms in total. The summed E-state index contributed by atoms with van der Waals surface area (Å²) in [7, 11) is 0. The molecule has 0 bridgehead atoms. The summed E-state index contributed by atoms with van der Waals surface area (Å²) in [6, 6.07) is 1.53. The summed E-state index contributed by atoms with van der Waals surface area (Å²) >= 11 is 0. The zero-order valence-electron chi connectivity index (χ0n) is 5.81. The van der Waals surface area contributed by atoms with Gasteiger partial charge in [-0.3, -0.25) is 5.10 Å². The first-order valence-corrected chi connectivity index (χ1v) is 3.22. The van der Waals surface area contributed by atoms with Crippen molar-refractivity contribution in [2.45, 2.75) is 12.2 Å². The summed E-state index contributed by atoms with van der Waals surface area (Å²) in [6.45, 7) is -0.472. The molecule has 0 saturated carbocycles. The van der Waals surface area contributed by atoms with Crippen LogP contribution in [-0.4, -0.2) is 38.2 Å². The van der Waals surface area contributed by atoms with Crippen LogP contribution in [0.15, 0.2) is 12.3 Å². The van der Waals surface area contributed by atoms with E-state index >= 15 is 0 Å². The van der Waals surface area contributed by atoms with E-state index in [1.807, 2.05) is 0 Å². The van der Waals surface area contributed by atoms with Crippen LogP contribution in [-0.2, 0) is 0 Å². The van der Waals surface area contributed by atoms with Crippen molar-refractivity contribution in [2.24, 2.45) is 0 Å². The smallest absolute Gasteiger partial charge is 0.123 e. The normalized spacial score (nSPS) is 16.3. The van der Waals surface area contributed by atoms with E-state index in [2.05, 4.69) is 10.2 Å². The Morgan fingerprint density at radius 1 is 1.55 bits per heavy atom. The quantitative estimate of drug-likeness (QED) is 0.444. The van der Waals surface area contributed by atoms with Gasteiger partial charge in [-0.05, 0) is 6.07 Å². The van der Waals surface area contributed by atoms with E-state index in [1.54, 1.807) is 0 Å². The molecule has 11 heavy (non-hydrogen) atoms. The zero-order chi connectivity index (χ0) is 8.27. The van der Waals surface area contributed by atoms with Crippen LogP contribution in [0, 0.1) is 0 Å². The Kier molecular flexibility index (Phi) is 2.58. The van der Waals surface area contributed by atoms with Gasteiger partial charge >= 0.3 is 0 Å². The molecule has 1 aromatic rings. The third-order valence-corrected chi connectivity index (χ3v) is 1.39. The highest BCUT2D eigenvalue weighted by molar-refractivity contribution is 5.03. The molecule has 0 aromatic carbocycles. The fraction of sp³-hybridized carbons (Fsp3) is 0.500. The van der Waals surface area contributed by atoms with E-state index in [0.29, 0.717) is 5.69 Å². The topological polar surface area (TPSA) is 89.4 Å². The molecular formula is C6H10N2O3. The number of rotatable bonds is 3. The largest absolute Gasteiger partial charge is 0.394 e. The lowest BCUT2D eigenvalue weighted by Gasteiger charge is -2.12. The van der Waals surface area contributed by atoms with Crippen molar-refractivity contribution >= 4 is 0 Å². The number of aliphatic hydroxyl groups excluding tert-OH is 3. The second kappa shape index (κ2) is 3.47. The first-order valence-electron chi connectivity index (χ1n) is 3.22. The maximum absolute atomic E-state index is 9.20. The lowest BCUT2D eigenvalue weighted by atomic mass is 10.1. The molecule has 0 fully saturated rings. The molecule has 0 spiro atoms. The number of nitrogens with zero attached hydrogens (tertiary/aromatic N) is 1. The van der Waals surface area contributed by atoms with Crippen LogP contribution in [0.5, 0.6) is 0 Å². The Labute approximate surface area is 63.3 Å². The number of aromatic nitrogens is 2. The first kappa shape index (κ1) is 8.19. The first-order chi connectivity index (χ1) is 5.25. The second-order valence-electron chi connectivity index (χ2n) is 2.21. The Hall–Kier alpha value is -0.910. The number of aromatic amines is 1. The van der Waals surface area contributed by atoms with Crippen LogP contribution in [0.2, 0.25) is 0 Å². The SMILES string of the molecule is OCC(O)C(O)c1ccn[nH]1. The summed E-state index contributed by atoms with van der Waals surface area (Å²) in [4.78, 5) is 0. The molecule has 2 atom stereocenters. The summed E-state index contributed by atoms with van der Waals surface area (Å²) in [5.74, 6) is 0. The maximum Gasteiger partial charge on any atom is 0.123 e. The molecule has 1 rings (SSSR count).